The van der Waals surface area contributed by atoms with E-state index in [9.17, 15) is 4.79 Å². The largest absolute Gasteiger partial charge is 0.483 e. The lowest BCUT2D eigenvalue weighted by Gasteiger charge is -2.15. The van der Waals surface area contributed by atoms with Crippen LogP contribution >= 0.6 is 0 Å². The highest BCUT2D eigenvalue weighted by Gasteiger charge is 2.19. The van der Waals surface area contributed by atoms with E-state index in [2.05, 4.69) is 6.07 Å². The van der Waals surface area contributed by atoms with Crippen LogP contribution in [0.4, 0.5) is 0 Å². The minimum atomic E-state index is -0.598. The summed E-state index contributed by atoms with van der Waals surface area (Å²) in [5.74, 6) is 0.471. The van der Waals surface area contributed by atoms with Gasteiger partial charge in [-0.25, -0.2) is 0 Å². The standard InChI is InChI=1S/C18H17NO2/c1-12-7-8-13(2)17(9-12)18(20)14(3)21-16-6-4-5-15(10-16)11-19/h4-10,14H,1-3H3/t14-/m1/s1. The van der Waals surface area contributed by atoms with Crippen molar-refractivity contribution in [2.75, 3.05) is 0 Å². The van der Waals surface area contributed by atoms with Crippen molar-refractivity contribution >= 4 is 5.78 Å². The number of carbonyl (C=O) groups is 1. The molecule has 0 aliphatic heterocycles. The maximum atomic E-state index is 12.5. The molecule has 0 aliphatic carbocycles. The second kappa shape index (κ2) is 6.23. The summed E-state index contributed by atoms with van der Waals surface area (Å²) in [4.78, 5) is 12.5. The van der Waals surface area contributed by atoms with Gasteiger partial charge in [-0.3, -0.25) is 4.79 Å². The van der Waals surface area contributed by atoms with Crippen molar-refractivity contribution in [3.05, 3.63) is 64.7 Å². The Morgan fingerprint density at radius 2 is 1.95 bits per heavy atom. The first kappa shape index (κ1) is 14.8. The number of hydrogen-bond acceptors (Lipinski definition) is 3. The Balaban J connectivity index is 2.19. The van der Waals surface area contributed by atoms with E-state index in [0.717, 1.165) is 11.1 Å². The normalized spacial score (nSPS) is 11.5. The maximum Gasteiger partial charge on any atom is 0.203 e. The van der Waals surface area contributed by atoms with E-state index in [0.29, 0.717) is 16.9 Å². The van der Waals surface area contributed by atoms with Crippen LogP contribution < -0.4 is 4.74 Å². The molecule has 2 rings (SSSR count). The average molecular weight is 279 g/mol. The third kappa shape index (κ3) is 3.49. The quantitative estimate of drug-likeness (QED) is 0.799. The number of nitrogens with zero attached hydrogens (tertiary/aromatic N) is 1. The van der Waals surface area contributed by atoms with Gasteiger partial charge in [-0.1, -0.05) is 23.8 Å². The predicted molar refractivity (Wildman–Crippen MR) is 81.5 cm³/mol. The van der Waals surface area contributed by atoms with Crippen LogP contribution in [0.2, 0.25) is 0 Å². The monoisotopic (exact) mass is 279 g/mol. The molecule has 0 aromatic heterocycles. The SMILES string of the molecule is Cc1ccc(C)c(C(=O)[C@@H](C)Oc2cccc(C#N)c2)c1. The van der Waals surface area contributed by atoms with Crippen LogP contribution in [0.15, 0.2) is 42.5 Å². The average Bonchev–Trinajstić information content (AvgIpc) is 2.49. The molecule has 0 aliphatic rings. The molecule has 2 aromatic carbocycles. The molecule has 106 valence electrons. The summed E-state index contributed by atoms with van der Waals surface area (Å²) in [6.45, 7) is 5.59. The summed E-state index contributed by atoms with van der Waals surface area (Å²) >= 11 is 0. The maximum absolute atomic E-state index is 12.5. The molecular formula is C18H17NO2. The van der Waals surface area contributed by atoms with Gasteiger partial charge in [0.2, 0.25) is 5.78 Å². The van der Waals surface area contributed by atoms with Crippen LogP contribution in [0.25, 0.3) is 0 Å². The highest BCUT2D eigenvalue weighted by molar-refractivity contribution is 6.00. The molecule has 0 fully saturated rings. The van der Waals surface area contributed by atoms with Crippen LogP contribution in [0, 0.1) is 25.2 Å². The van der Waals surface area contributed by atoms with Crippen molar-refractivity contribution in [3.8, 4) is 11.8 Å². The number of hydrogen-bond donors (Lipinski definition) is 0. The highest BCUT2D eigenvalue weighted by Crippen LogP contribution is 2.18. The third-order valence-corrected chi connectivity index (χ3v) is 3.30. The number of benzene rings is 2. The van der Waals surface area contributed by atoms with Crippen LogP contribution in [-0.2, 0) is 0 Å². The summed E-state index contributed by atoms with van der Waals surface area (Å²) in [6, 6.07) is 14.7. The van der Waals surface area contributed by atoms with E-state index < -0.39 is 6.10 Å². The number of Topliss-reactive ketones (excluding diaryl/α,β-unsaturated/α-hetero) is 1. The Morgan fingerprint density at radius 3 is 2.67 bits per heavy atom. The molecular weight excluding hydrogens is 262 g/mol. The lowest BCUT2D eigenvalue weighted by atomic mass is 9.99. The molecule has 0 bridgehead atoms. The molecule has 3 heteroatoms. The van der Waals surface area contributed by atoms with Gasteiger partial charge in [0.05, 0.1) is 11.6 Å². The Labute approximate surface area is 124 Å². The summed E-state index contributed by atoms with van der Waals surface area (Å²) < 4.78 is 5.67. The van der Waals surface area contributed by atoms with Crippen molar-refractivity contribution in [1.29, 1.82) is 5.26 Å². The van der Waals surface area contributed by atoms with E-state index in [1.165, 1.54) is 0 Å². The smallest absolute Gasteiger partial charge is 0.203 e. The number of carbonyl (C=O) groups excluding carboxylic acids is 1. The van der Waals surface area contributed by atoms with E-state index in [1.54, 1.807) is 31.2 Å². The summed E-state index contributed by atoms with van der Waals surface area (Å²) in [5, 5.41) is 8.88. The molecule has 21 heavy (non-hydrogen) atoms. The van der Waals surface area contributed by atoms with Crippen molar-refractivity contribution in [3.63, 3.8) is 0 Å². The Kier molecular flexibility index (Phi) is 4.39. The van der Waals surface area contributed by atoms with Gasteiger partial charge in [0.1, 0.15) is 5.75 Å². The minimum absolute atomic E-state index is 0.0569. The molecule has 3 nitrogen and oxygen atoms in total. The topological polar surface area (TPSA) is 50.1 Å². The summed E-state index contributed by atoms with van der Waals surface area (Å²) in [6.07, 6.45) is -0.598. The lowest BCUT2D eigenvalue weighted by molar-refractivity contribution is 0.0817. The fourth-order valence-electron chi connectivity index (χ4n) is 2.12. The van der Waals surface area contributed by atoms with Crippen LogP contribution in [0.3, 0.4) is 0 Å². The van der Waals surface area contributed by atoms with Crippen LogP contribution in [-0.4, -0.2) is 11.9 Å². The van der Waals surface area contributed by atoms with Gasteiger partial charge in [0, 0.05) is 5.56 Å². The number of rotatable bonds is 4. The second-order valence-electron chi connectivity index (χ2n) is 5.08. The van der Waals surface area contributed by atoms with E-state index in [-0.39, 0.29) is 5.78 Å². The number of ether oxygens (including phenoxy) is 1. The lowest BCUT2D eigenvalue weighted by Crippen LogP contribution is -2.24. The fourth-order valence-corrected chi connectivity index (χ4v) is 2.12. The van der Waals surface area contributed by atoms with Crippen molar-refractivity contribution < 1.29 is 9.53 Å². The molecule has 0 N–H and O–H groups in total. The second-order valence-corrected chi connectivity index (χ2v) is 5.08. The Morgan fingerprint density at radius 1 is 1.19 bits per heavy atom. The molecule has 0 saturated heterocycles. The zero-order valence-corrected chi connectivity index (χ0v) is 12.4. The summed E-state index contributed by atoms with van der Waals surface area (Å²) in [5.41, 5.74) is 3.17. The van der Waals surface area contributed by atoms with Crippen molar-refractivity contribution in [1.82, 2.24) is 0 Å². The van der Waals surface area contributed by atoms with Gasteiger partial charge in [-0.15, -0.1) is 0 Å². The predicted octanol–water partition coefficient (Wildman–Crippen LogP) is 3.83. The third-order valence-electron chi connectivity index (χ3n) is 3.30. The zero-order chi connectivity index (χ0) is 15.4. The van der Waals surface area contributed by atoms with E-state index in [1.807, 2.05) is 32.0 Å². The highest BCUT2D eigenvalue weighted by atomic mass is 16.5. The van der Waals surface area contributed by atoms with Gasteiger partial charge in [-0.2, -0.15) is 5.26 Å². The van der Waals surface area contributed by atoms with Crippen LogP contribution in [0.1, 0.15) is 34.0 Å². The number of ketones is 1. The first-order valence-electron chi connectivity index (χ1n) is 6.79. The van der Waals surface area contributed by atoms with Crippen molar-refractivity contribution in [2.45, 2.75) is 26.9 Å². The Bertz CT molecular complexity index is 713. The van der Waals surface area contributed by atoms with E-state index >= 15 is 0 Å². The van der Waals surface area contributed by atoms with Crippen LogP contribution in [0.5, 0.6) is 5.75 Å². The Hall–Kier alpha value is -2.60. The molecule has 0 saturated carbocycles. The molecule has 0 amide bonds. The van der Waals surface area contributed by atoms with Crippen molar-refractivity contribution in [2.24, 2.45) is 0 Å². The molecule has 0 unspecified atom stereocenters. The first-order chi connectivity index (χ1) is 10.0. The molecule has 1 atom stereocenters. The zero-order valence-electron chi connectivity index (χ0n) is 12.4. The minimum Gasteiger partial charge on any atom is -0.483 e. The number of aryl methyl sites for hydroxylation is 2. The van der Waals surface area contributed by atoms with Gasteiger partial charge in [-0.05, 0) is 50.6 Å². The molecule has 0 heterocycles. The van der Waals surface area contributed by atoms with Gasteiger partial charge in [0.25, 0.3) is 0 Å². The molecule has 0 radical (unpaired) electrons. The van der Waals surface area contributed by atoms with Gasteiger partial charge >= 0.3 is 0 Å². The van der Waals surface area contributed by atoms with Gasteiger partial charge < -0.3 is 4.74 Å². The summed E-state index contributed by atoms with van der Waals surface area (Å²) in [7, 11) is 0. The van der Waals surface area contributed by atoms with Gasteiger partial charge in [0.15, 0.2) is 6.10 Å². The van der Waals surface area contributed by atoms with E-state index in [4.69, 9.17) is 10.00 Å². The fraction of sp³-hybridized carbons (Fsp3) is 0.222. The first-order valence-corrected chi connectivity index (χ1v) is 6.79. The molecule has 2 aromatic rings. The molecule has 0 spiro atoms. The number of nitriles is 1.